The fourth-order valence-electron chi connectivity index (χ4n) is 6.74. The summed E-state index contributed by atoms with van der Waals surface area (Å²) >= 11 is 0. The van der Waals surface area contributed by atoms with E-state index < -0.39 is 98.2 Å². The highest BCUT2D eigenvalue weighted by atomic mass is 16.7. The Labute approximate surface area is 256 Å². The van der Waals surface area contributed by atoms with Gasteiger partial charge < -0.3 is 64.7 Å². The van der Waals surface area contributed by atoms with Crippen LogP contribution in [0.2, 0.25) is 0 Å². The first-order valence-corrected chi connectivity index (χ1v) is 15.8. The molecule has 0 bridgehead atoms. The highest BCUT2D eigenvalue weighted by Gasteiger charge is 2.50. The molecule has 15 nitrogen and oxygen atoms in total. The lowest BCUT2D eigenvalue weighted by molar-refractivity contribution is -0.341. The summed E-state index contributed by atoms with van der Waals surface area (Å²) in [7, 11) is 0. The number of carboxylic acid groups (broad SMARTS) is 2. The average Bonchev–Trinajstić information content (AvgIpc) is 2.99. The summed E-state index contributed by atoms with van der Waals surface area (Å²) in [5, 5.41) is 74.9. The molecule has 4 aliphatic rings. The van der Waals surface area contributed by atoms with Crippen molar-refractivity contribution in [3.63, 3.8) is 0 Å². The maximum Gasteiger partial charge on any atom is 0.332 e. The Balaban J connectivity index is 1.51. The van der Waals surface area contributed by atoms with Crippen molar-refractivity contribution >= 4 is 11.9 Å². The van der Waals surface area contributed by atoms with Crippen molar-refractivity contribution in [3.05, 3.63) is 0 Å². The smallest absolute Gasteiger partial charge is 0.332 e. The van der Waals surface area contributed by atoms with Crippen LogP contribution in [-0.4, -0.2) is 140 Å². The molecule has 2 saturated heterocycles. The first-order valence-electron chi connectivity index (χ1n) is 15.8. The number of ether oxygens (including phenoxy) is 5. The summed E-state index contributed by atoms with van der Waals surface area (Å²) in [6, 6.07) is -0.568. The molecule has 44 heavy (non-hydrogen) atoms. The molecule has 0 unspecified atom stereocenters. The highest BCUT2D eigenvalue weighted by Crippen LogP contribution is 2.34. The Hall–Kier alpha value is -1.50. The molecule has 0 amide bonds. The van der Waals surface area contributed by atoms with E-state index in [1.165, 1.54) is 0 Å². The molecule has 0 aromatic carbocycles. The third-order valence-corrected chi connectivity index (χ3v) is 9.26. The van der Waals surface area contributed by atoms with Crippen LogP contribution in [-0.2, 0) is 33.3 Å². The van der Waals surface area contributed by atoms with Crippen molar-refractivity contribution < 1.29 is 69.0 Å². The Morgan fingerprint density at radius 1 is 0.864 bits per heavy atom. The van der Waals surface area contributed by atoms with Crippen LogP contribution in [0.5, 0.6) is 0 Å². The number of hydrogen-bond acceptors (Lipinski definition) is 13. The predicted molar refractivity (Wildman–Crippen MR) is 149 cm³/mol. The maximum atomic E-state index is 12.1. The van der Waals surface area contributed by atoms with E-state index in [1.54, 1.807) is 6.92 Å². The fourth-order valence-corrected chi connectivity index (χ4v) is 6.74. The van der Waals surface area contributed by atoms with Gasteiger partial charge in [-0.25, -0.2) is 4.79 Å². The van der Waals surface area contributed by atoms with Crippen molar-refractivity contribution in [1.82, 2.24) is 5.32 Å². The number of carbonyl (C=O) groups is 2. The first-order chi connectivity index (χ1) is 21.0. The number of carboxylic acids is 2. The van der Waals surface area contributed by atoms with E-state index >= 15 is 0 Å². The molecule has 0 aromatic heterocycles. The topological polar surface area (TPSA) is 234 Å². The zero-order chi connectivity index (χ0) is 32.0. The van der Waals surface area contributed by atoms with Crippen molar-refractivity contribution in [3.8, 4) is 0 Å². The highest BCUT2D eigenvalue weighted by molar-refractivity contribution is 5.72. The zero-order valence-corrected chi connectivity index (χ0v) is 25.1. The van der Waals surface area contributed by atoms with E-state index in [0.717, 1.165) is 32.1 Å². The molecule has 4 rings (SSSR count). The van der Waals surface area contributed by atoms with Gasteiger partial charge in [0.2, 0.25) is 0 Å². The van der Waals surface area contributed by atoms with Gasteiger partial charge in [0.05, 0.1) is 31.5 Å². The van der Waals surface area contributed by atoms with Crippen molar-refractivity contribution in [2.75, 3.05) is 13.2 Å². The number of aliphatic hydroxyl groups excluding tert-OH is 5. The van der Waals surface area contributed by atoms with E-state index in [0.29, 0.717) is 19.3 Å². The van der Waals surface area contributed by atoms with Crippen LogP contribution in [0.25, 0.3) is 0 Å². The summed E-state index contributed by atoms with van der Waals surface area (Å²) in [6.07, 6.45) is -7.83. The average molecular weight is 636 g/mol. The summed E-state index contributed by atoms with van der Waals surface area (Å²) in [5.41, 5.74) is 0. The summed E-state index contributed by atoms with van der Waals surface area (Å²) in [5.74, 6) is -2.18. The Kier molecular flexibility index (Phi) is 13.1. The lowest BCUT2D eigenvalue weighted by atomic mass is 9.85. The molecule has 13 atom stereocenters. The van der Waals surface area contributed by atoms with E-state index in [9.17, 15) is 45.3 Å². The third-order valence-electron chi connectivity index (χ3n) is 9.26. The molecule has 0 radical (unpaired) electrons. The normalized spacial score (nSPS) is 41.2. The zero-order valence-electron chi connectivity index (χ0n) is 25.1. The van der Waals surface area contributed by atoms with E-state index in [4.69, 9.17) is 23.7 Å². The molecule has 2 aliphatic carbocycles. The minimum absolute atomic E-state index is 0.00242. The molecule has 2 aliphatic heterocycles. The molecule has 15 heteroatoms. The van der Waals surface area contributed by atoms with Gasteiger partial charge in [0, 0.05) is 12.5 Å². The largest absolute Gasteiger partial charge is 0.480 e. The van der Waals surface area contributed by atoms with Gasteiger partial charge in [-0.2, -0.15) is 0 Å². The Morgan fingerprint density at radius 2 is 1.59 bits per heavy atom. The van der Waals surface area contributed by atoms with E-state index in [2.05, 4.69) is 5.32 Å². The predicted octanol–water partition coefficient (Wildman–Crippen LogP) is -0.912. The molecular weight excluding hydrogens is 586 g/mol. The second-order valence-corrected chi connectivity index (χ2v) is 12.5. The van der Waals surface area contributed by atoms with Crippen LogP contribution in [0.4, 0.5) is 0 Å². The third kappa shape index (κ3) is 9.06. The first kappa shape index (κ1) is 35.4. The second kappa shape index (κ2) is 16.4. The number of aliphatic carboxylic acids is 2. The number of nitrogens with one attached hydrogen (secondary N) is 1. The quantitative estimate of drug-likeness (QED) is 0.122. The Bertz CT molecular complexity index is 920. The lowest BCUT2D eigenvalue weighted by Crippen LogP contribution is -2.63. The number of hydrogen-bond donors (Lipinski definition) is 8. The summed E-state index contributed by atoms with van der Waals surface area (Å²) < 4.78 is 29.6. The van der Waals surface area contributed by atoms with Crippen LogP contribution in [0.15, 0.2) is 0 Å². The number of rotatable bonds is 13. The molecule has 0 aromatic rings. The lowest BCUT2D eigenvalue weighted by Gasteiger charge is -2.47. The van der Waals surface area contributed by atoms with Gasteiger partial charge in [-0.1, -0.05) is 32.1 Å². The molecule has 254 valence electrons. The van der Waals surface area contributed by atoms with Gasteiger partial charge in [-0.15, -0.1) is 0 Å². The molecule has 8 N–H and O–H groups in total. The molecule has 0 spiro atoms. The number of aliphatic hydroxyl groups is 5. The van der Waals surface area contributed by atoms with Crippen LogP contribution < -0.4 is 5.32 Å². The fraction of sp³-hybridized carbons (Fsp3) is 0.931. The molecule has 2 saturated carbocycles. The standard InChI is InChI=1S/C29H49NO14/c1-14-17(32)11-18(33)28(40-14)44-25-16(30-12-22(34)35)8-5-9-19(25)42-29-24(37)26(23(36)21(13-31)43-29)41-20(27(38)39)10-15-6-3-2-4-7-15/h14-21,23-26,28-33,36-37H,2-13H2,1H3,(H,34,35)(H,38,39)/t14-,16-,17-,18-,19+,20-,21+,23-,24+,25+,26-,28-,29+/m0/s1. The van der Waals surface area contributed by atoms with Crippen LogP contribution in [0.1, 0.15) is 71.1 Å². The van der Waals surface area contributed by atoms with Gasteiger partial charge in [-0.3, -0.25) is 4.79 Å². The SMILES string of the molecule is C[C@@H]1O[C@@H](O[C@@H]2[C@@H](NCC(=O)O)CCC[C@H]2O[C@@H]2O[C@H](CO)[C@H](O)[C@H](O[C@@H](CC3CCCCC3)C(=O)O)[C@H]2O)[C@@H](O)C[C@@H]1O. The minimum Gasteiger partial charge on any atom is -0.480 e. The van der Waals surface area contributed by atoms with E-state index in [-0.39, 0.29) is 25.3 Å². The van der Waals surface area contributed by atoms with Crippen LogP contribution >= 0.6 is 0 Å². The Morgan fingerprint density at radius 3 is 2.25 bits per heavy atom. The second-order valence-electron chi connectivity index (χ2n) is 12.5. The van der Waals surface area contributed by atoms with Gasteiger partial charge >= 0.3 is 11.9 Å². The summed E-state index contributed by atoms with van der Waals surface area (Å²) in [6.45, 7) is 0.590. The van der Waals surface area contributed by atoms with Gasteiger partial charge in [0.25, 0.3) is 0 Å². The van der Waals surface area contributed by atoms with Gasteiger partial charge in [0.15, 0.2) is 18.7 Å². The minimum atomic E-state index is -1.65. The molecular formula is C29H49NO14. The summed E-state index contributed by atoms with van der Waals surface area (Å²) in [4.78, 5) is 23.5. The van der Waals surface area contributed by atoms with Gasteiger partial charge in [0.1, 0.15) is 36.6 Å². The molecule has 4 fully saturated rings. The maximum absolute atomic E-state index is 12.1. The van der Waals surface area contributed by atoms with Gasteiger partial charge in [-0.05, 0) is 38.5 Å². The van der Waals surface area contributed by atoms with Crippen molar-refractivity contribution in [2.45, 2.75) is 151 Å². The van der Waals surface area contributed by atoms with E-state index in [1.807, 2.05) is 0 Å². The van der Waals surface area contributed by atoms with Crippen molar-refractivity contribution in [1.29, 1.82) is 0 Å². The van der Waals surface area contributed by atoms with Crippen LogP contribution in [0, 0.1) is 5.92 Å². The van der Waals surface area contributed by atoms with Crippen molar-refractivity contribution in [2.24, 2.45) is 5.92 Å². The monoisotopic (exact) mass is 635 g/mol. The van der Waals surface area contributed by atoms with Crippen LogP contribution in [0.3, 0.4) is 0 Å². The molecule has 2 heterocycles.